The van der Waals surface area contributed by atoms with Gasteiger partial charge in [-0.2, -0.15) is 0 Å². The maximum Gasteiger partial charge on any atom is 0.305 e. The zero-order valence-corrected chi connectivity index (χ0v) is 20.1. The molecule has 0 amide bonds. The largest absolute Gasteiger partial charge is 0.466 e. The Kier molecular flexibility index (Phi) is 19.1. The fourth-order valence-electron chi connectivity index (χ4n) is 3.63. The van der Waals surface area contributed by atoms with Crippen LogP contribution in [-0.2, 0) is 9.53 Å². The van der Waals surface area contributed by atoms with Crippen molar-refractivity contribution in [2.24, 2.45) is 0 Å². The molecule has 1 heterocycles. The van der Waals surface area contributed by atoms with Gasteiger partial charge in [0.1, 0.15) is 0 Å². The van der Waals surface area contributed by atoms with Gasteiger partial charge in [0.15, 0.2) is 0 Å². The lowest BCUT2D eigenvalue weighted by Crippen LogP contribution is -2.20. The predicted octanol–water partition coefficient (Wildman–Crippen LogP) is 7.55. The van der Waals surface area contributed by atoms with Gasteiger partial charge in [-0.25, -0.2) is 0 Å². The van der Waals surface area contributed by atoms with Crippen molar-refractivity contribution in [1.29, 1.82) is 0 Å². The molecule has 0 radical (unpaired) electrons. The lowest BCUT2D eigenvalue weighted by molar-refractivity contribution is -0.143. The van der Waals surface area contributed by atoms with Crippen LogP contribution in [0.4, 0.5) is 0 Å². The Morgan fingerprint density at radius 1 is 0.742 bits per heavy atom. The van der Waals surface area contributed by atoms with Crippen molar-refractivity contribution in [2.75, 3.05) is 26.2 Å². The van der Waals surface area contributed by atoms with E-state index in [1.54, 1.807) is 0 Å². The van der Waals surface area contributed by atoms with Crippen LogP contribution >= 0.6 is 0 Å². The Morgan fingerprint density at radius 2 is 1.32 bits per heavy atom. The minimum absolute atomic E-state index is 0.0444. The molecule has 0 spiro atoms. The molecule has 0 aromatic heterocycles. The molecule has 3 heteroatoms. The zero-order valence-electron chi connectivity index (χ0n) is 20.1. The first-order chi connectivity index (χ1) is 15.3. The van der Waals surface area contributed by atoms with Crippen LogP contribution in [0.25, 0.3) is 0 Å². The van der Waals surface area contributed by atoms with Gasteiger partial charge in [-0.3, -0.25) is 4.79 Å². The molecule has 1 aliphatic heterocycles. The molecule has 0 aromatic carbocycles. The summed E-state index contributed by atoms with van der Waals surface area (Å²) in [6, 6.07) is 0. The van der Waals surface area contributed by atoms with E-state index in [2.05, 4.69) is 60.4 Å². The summed E-state index contributed by atoms with van der Waals surface area (Å²) in [5.41, 5.74) is 0. The molecule has 176 valence electrons. The number of nitrogens with zero attached hydrogens (tertiary/aromatic N) is 1. The molecule has 1 saturated heterocycles. The maximum atomic E-state index is 11.7. The van der Waals surface area contributed by atoms with E-state index in [1.807, 2.05) is 0 Å². The summed E-state index contributed by atoms with van der Waals surface area (Å²) in [7, 11) is 0. The summed E-state index contributed by atoms with van der Waals surface area (Å²) in [6.07, 6.45) is 33.2. The second-order valence-electron chi connectivity index (χ2n) is 8.46. The minimum Gasteiger partial charge on any atom is -0.466 e. The maximum absolute atomic E-state index is 11.7. The highest BCUT2D eigenvalue weighted by atomic mass is 16.5. The van der Waals surface area contributed by atoms with E-state index >= 15 is 0 Å². The summed E-state index contributed by atoms with van der Waals surface area (Å²) in [5.74, 6) is -0.0444. The lowest BCUT2D eigenvalue weighted by Gasteiger charge is -2.13. The Balaban J connectivity index is 1.85. The van der Waals surface area contributed by atoms with Gasteiger partial charge in [0, 0.05) is 6.42 Å². The number of rotatable bonds is 19. The van der Waals surface area contributed by atoms with E-state index in [-0.39, 0.29) is 5.97 Å². The van der Waals surface area contributed by atoms with Crippen LogP contribution < -0.4 is 0 Å². The van der Waals surface area contributed by atoms with Crippen molar-refractivity contribution in [3.63, 3.8) is 0 Å². The third-order valence-corrected chi connectivity index (χ3v) is 5.54. The number of hydrogen-bond acceptors (Lipinski definition) is 3. The number of allylic oxidation sites excluding steroid dienone is 8. The van der Waals surface area contributed by atoms with Crippen LogP contribution in [0.15, 0.2) is 48.6 Å². The van der Waals surface area contributed by atoms with Crippen LogP contribution in [0.2, 0.25) is 0 Å². The Hall–Kier alpha value is -1.61. The van der Waals surface area contributed by atoms with Gasteiger partial charge >= 0.3 is 5.97 Å². The number of hydrogen-bond donors (Lipinski definition) is 0. The summed E-state index contributed by atoms with van der Waals surface area (Å²) in [6.45, 7) is 6.47. The van der Waals surface area contributed by atoms with Crippen molar-refractivity contribution in [3.05, 3.63) is 48.6 Å². The number of unbranched alkanes of at least 4 members (excludes halogenated alkanes) is 5. The normalized spacial score (nSPS) is 15.4. The van der Waals surface area contributed by atoms with Crippen LogP contribution in [0, 0.1) is 0 Å². The summed E-state index contributed by atoms with van der Waals surface area (Å²) >= 11 is 0. The molecule has 0 saturated carbocycles. The molecule has 31 heavy (non-hydrogen) atoms. The quantitative estimate of drug-likeness (QED) is 0.121. The summed E-state index contributed by atoms with van der Waals surface area (Å²) in [5, 5.41) is 0. The molecule has 0 aromatic rings. The monoisotopic (exact) mass is 429 g/mol. The van der Waals surface area contributed by atoms with Crippen LogP contribution in [0.3, 0.4) is 0 Å². The molecule has 1 aliphatic rings. The van der Waals surface area contributed by atoms with Crippen molar-refractivity contribution in [2.45, 2.75) is 96.8 Å². The first-order valence-corrected chi connectivity index (χ1v) is 12.8. The number of carbonyl (C=O) groups excluding carboxylic acids is 1. The summed E-state index contributed by atoms with van der Waals surface area (Å²) < 4.78 is 5.33. The number of carbonyl (C=O) groups is 1. The first-order valence-electron chi connectivity index (χ1n) is 12.8. The second-order valence-corrected chi connectivity index (χ2v) is 8.46. The van der Waals surface area contributed by atoms with Crippen LogP contribution in [0.1, 0.15) is 96.8 Å². The van der Waals surface area contributed by atoms with Crippen LogP contribution in [0.5, 0.6) is 0 Å². The molecule has 1 rings (SSSR count). The van der Waals surface area contributed by atoms with Gasteiger partial charge in [0.25, 0.3) is 0 Å². The average Bonchev–Trinajstić information content (AvgIpc) is 3.29. The molecule has 0 atom stereocenters. The van der Waals surface area contributed by atoms with Gasteiger partial charge in [-0.05, 0) is 90.3 Å². The number of likely N-dealkylation sites (tertiary alicyclic amines) is 1. The number of esters is 1. The van der Waals surface area contributed by atoms with E-state index < -0.39 is 0 Å². The standard InChI is InChI=1S/C28H47NO2/c1-2-3-4-5-6-7-8-9-10-11-12-13-14-15-16-17-18-23-28(30)31-27-22-21-26-29-24-19-20-25-29/h6-7,9-10,12-13,15-16H,2-5,8,11,14,17-27H2,1H3/b7-6-,10-9-,13-12-,16-15-. The Bertz CT molecular complexity index is 527. The molecule has 1 fully saturated rings. The molecule has 0 unspecified atom stereocenters. The van der Waals surface area contributed by atoms with E-state index in [4.69, 9.17) is 4.74 Å². The third kappa shape index (κ3) is 18.8. The number of ether oxygens (including phenoxy) is 1. The smallest absolute Gasteiger partial charge is 0.305 e. The third-order valence-electron chi connectivity index (χ3n) is 5.54. The highest BCUT2D eigenvalue weighted by Crippen LogP contribution is 2.08. The first kappa shape index (κ1) is 27.4. The average molecular weight is 430 g/mol. The van der Waals surface area contributed by atoms with Crippen molar-refractivity contribution in [1.82, 2.24) is 4.90 Å². The molecular weight excluding hydrogens is 382 g/mol. The zero-order chi connectivity index (χ0) is 22.2. The minimum atomic E-state index is -0.0444. The lowest BCUT2D eigenvalue weighted by atomic mass is 10.2. The molecule has 0 aliphatic carbocycles. The van der Waals surface area contributed by atoms with E-state index in [0.29, 0.717) is 13.0 Å². The fourth-order valence-corrected chi connectivity index (χ4v) is 3.63. The van der Waals surface area contributed by atoms with Gasteiger partial charge < -0.3 is 9.64 Å². The molecule has 0 bridgehead atoms. The van der Waals surface area contributed by atoms with Crippen LogP contribution in [-0.4, -0.2) is 37.1 Å². The summed E-state index contributed by atoms with van der Waals surface area (Å²) in [4.78, 5) is 14.3. The van der Waals surface area contributed by atoms with Gasteiger partial charge in [-0.1, -0.05) is 68.4 Å². The van der Waals surface area contributed by atoms with Crippen molar-refractivity contribution < 1.29 is 9.53 Å². The van der Waals surface area contributed by atoms with Crippen molar-refractivity contribution >= 4 is 5.97 Å². The molecular formula is C28H47NO2. The second kappa shape index (κ2) is 21.6. The van der Waals surface area contributed by atoms with Gasteiger partial charge in [-0.15, -0.1) is 0 Å². The Labute approximate surface area is 192 Å². The van der Waals surface area contributed by atoms with Crippen molar-refractivity contribution in [3.8, 4) is 0 Å². The highest BCUT2D eigenvalue weighted by molar-refractivity contribution is 5.69. The SMILES string of the molecule is CCCCC/C=C\C/C=C\C/C=C\C/C=C\CCCC(=O)OCCCCN1CCCC1. The fraction of sp³-hybridized carbons (Fsp3) is 0.679. The molecule has 0 N–H and O–H groups in total. The van der Waals surface area contributed by atoms with E-state index in [9.17, 15) is 4.79 Å². The topological polar surface area (TPSA) is 29.5 Å². The van der Waals surface area contributed by atoms with E-state index in [1.165, 1.54) is 51.6 Å². The van der Waals surface area contributed by atoms with Gasteiger partial charge in [0.05, 0.1) is 6.61 Å². The van der Waals surface area contributed by atoms with E-state index in [0.717, 1.165) is 51.5 Å². The van der Waals surface area contributed by atoms with Gasteiger partial charge in [0.2, 0.25) is 0 Å². The molecule has 3 nitrogen and oxygen atoms in total. The highest BCUT2D eigenvalue weighted by Gasteiger charge is 2.10. The Morgan fingerprint density at radius 3 is 1.94 bits per heavy atom. The predicted molar refractivity (Wildman–Crippen MR) is 134 cm³/mol.